The van der Waals surface area contributed by atoms with Gasteiger partial charge in [-0.3, -0.25) is 4.79 Å². The molecule has 0 aromatic heterocycles. The number of piperidine rings is 1. The van der Waals surface area contributed by atoms with E-state index in [1.807, 2.05) is 12.1 Å². The van der Waals surface area contributed by atoms with Crippen molar-refractivity contribution >= 4 is 17.3 Å². The summed E-state index contributed by atoms with van der Waals surface area (Å²) in [6, 6.07) is 5.91. The van der Waals surface area contributed by atoms with Crippen LogP contribution in [0.2, 0.25) is 0 Å². The molecule has 1 atom stereocenters. The average Bonchev–Trinajstić information content (AvgIpc) is 3.39. The molecule has 1 saturated carbocycles. The van der Waals surface area contributed by atoms with Crippen LogP contribution in [0.15, 0.2) is 18.2 Å². The molecule has 1 N–H and O–H groups in total. The summed E-state index contributed by atoms with van der Waals surface area (Å²) in [6.45, 7) is 4.26. The SMILES string of the molecule is O=C1N(C2CCC(O)CC2)CC[C@]12CCCN(c1ccc(N3CCCC3)cc1F)C2. The highest BCUT2D eigenvalue weighted by Crippen LogP contribution is 2.44. The molecule has 1 aromatic rings. The van der Waals surface area contributed by atoms with Crippen molar-refractivity contribution in [1.29, 1.82) is 0 Å². The summed E-state index contributed by atoms with van der Waals surface area (Å²) >= 11 is 0. The highest BCUT2D eigenvalue weighted by Gasteiger charge is 2.50. The van der Waals surface area contributed by atoms with Crippen LogP contribution in [0, 0.1) is 11.2 Å². The van der Waals surface area contributed by atoms with E-state index in [1.165, 1.54) is 12.8 Å². The van der Waals surface area contributed by atoms with Crippen LogP contribution >= 0.6 is 0 Å². The first kappa shape index (κ1) is 20.1. The molecule has 3 aliphatic heterocycles. The quantitative estimate of drug-likeness (QED) is 0.820. The molecule has 5 nitrogen and oxygen atoms in total. The number of likely N-dealkylation sites (tertiary alicyclic amines) is 1. The Hall–Kier alpha value is -1.82. The Labute approximate surface area is 178 Å². The summed E-state index contributed by atoms with van der Waals surface area (Å²) in [7, 11) is 0. The Morgan fingerprint density at radius 1 is 0.933 bits per heavy atom. The number of aliphatic hydroxyl groups excluding tert-OH is 1. The predicted molar refractivity (Wildman–Crippen MR) is 116 cm³/mol. The smallest absolute Gasteiger partial charge is 0.230 e. The number of amides is 1. The summed E-state index contributed by atoms with van der Waals surface area (Å²) < 4.78 is 15.1. The molecule has 0 bridgehead atoms. The van der Waals surface area contributed by atoms with E-state index in [0.29, 0.717) is 12.2 Å². The first-order valence-electron chi connectivity index (χ1n) is 11.8. The molecule has 6 heteroatoms. The molecule has 1 amide bonds. The van der Waals surface area contributed by atoms with E-state index in [4.69, 9.17) is 0 Å². The molecule has 1 spiro atoms. The number of hydrogen-bond donors (Lipinski definition) is 1. The molecule has 3 saturated heterocycles. The average molecular weight is 416 g/mol. The Balaban J connectivity index is 1.30. The van der Waals surface area contributed by atoms with Gasteiger partial charge in [0.15, 0.2) is 0 Å². The van der Waals surface area contributed by atoms with Gasteiger partial charge in [0.25, 0.3) is 0 Å². The first-order chi connectivity index (χ1) is 14.6. The fraction of sp³-hybridized carbons (Fsp3) is 0.708. The summed E-state index contributed by atoms with van der Waals surface area (Å²) in [5, 5.41) is 9.80. The molecule has 1 aromatic carbocycles. The van der Waals surface area contributed by atoms with Crippen LogP contribution in [-0.2, 0) is 4.79 Å². The second-order valence-corrected chi connectivity index (χ2v) is 9.85. The maximum atomic E-state index is 15.1. The monoisotopic (exact) mass is 415 g/mol. The number of benzene rings is 1. The number of halogens is 1. The number of hydrogen-bond acceptors (Lipinski definition) is 4. The van der Waals surface area contributed by atoms with Gasteiger partial charge < -0.3 is 19.8 Å². The Kier molecular flexibility index (Phi) is 5.38. The molecule has 4 fully saturated rings. The standard InChI is InChI=1S/C24H34FN3O2/c25-21-16-19(26-12-1-2-13-26)6-9-22(21)27-14-3-10-24(17-27)11-15-28(23(24)30)18-4-7-20(29)8-5-18/h6,9,16,18,20,29H,1-5,7-8,10-15,17H2/t18?,20?,24-/m0/s1. The summed E-state index contributed by atoms with van der Waals surface area (Å²) in [4.78, 5) is 19.9. The normalized spacial score (nSPS) is 32.5. The number of aliphatic hydroxyl groups is 1. The van der Waals surface area contributed by atoms with Gasteiger partial charge in [-0.25, -0.2) is 4.39 Å². The molecular formula is C24H34FN3O2. The molecule has 0 unspecified atom stereocenters. The van der Waals surface area contributed by atoms with Gasteiger partial charge in [0.1, 0.15) is 5.82 Å². The molecule has 5 rings (SSSR count). The maximum absolute atomic E-state index is 15.1. The summed E-state index contributed by atoms with van der Waals surface area (Å²) in [5.41, 5.74) is 1.25. The van der Waals surface area contributed by atoms with Gasteiger partial charge in [-0.2, -0.15) is 0 Å². The second-order valence-electron chi connectivity index (χ2n) is 9.85. The Bertz CT molecular complexity index is 789. The molecule has 1 aliphatic carbocycles. The van der Waals surface area contributed by atoms with E-state index in [0.717, 1.165) is 76.8 Å². The number of nitrogens with zero attached hydrogens (tertiary/aromatic N) is 3. The fourth-order valence-corrected chi connectivity index (χ4v) is 6.21. The van der Waals surface area contributed by atoms with Crippen molar-refractivity contribution in [3.05, 3.63) is 24.0 Å². The van der Waals surface area contributed by atoms with Gasteiger partial charge in [0, 0.05) is 44.5 Å². The van der Waals surface area contributed by atoms with E-state index in [1.54, 1.807) is 6.07 Å². The lowest BCUT2D eigenvalue weighted by Gasteiger charge is -2.41. The van der Waals surface area contributed by atoms with Gasteiger partial charge >= 0.3 is 0 Å². The van der Waals surface area contributed by atoms with E-state index in [-0.39, 0.29) is 29.3 Å². The molecule has 30 heavy (non-hydrogen) atoms. The lowest BCUT2D eigenvalue weighted by atomic mass is 9.78. The van der Waals surface area contributed by atoms with Crippen molar-refractivity contribution in [2.24, 2.45) is 5.41 Å². The van der Waals surface area contributed by atoms with E-state index in [9.17, 15) is 9.90 Å². The summed E-state index contributed by atoms with van der Waals surface area (Å²) in [6.07, 6.45) is 8.24. The third kappa shape index (κ3) is 3.57. The zero-order chi connectivity index (χ0) is 20.7. The number of carbonyl (C=O) groups is 1. The highest BCUT2D eigenvalue weighted by molar-refractivity contribution is 5.86. The highest BCUT2D eigenvalue weighted by atomic mass is 19.1. The van der Waals surface area contributed by atoms with Gasteiger partial charge in [-0.05, 0) is 76.0 Å². The van der Waals surface area contributed by atoms with Crippen molar-refractivity contribution in [1.82, 2.24) is 4.90 Å². The van der Waals surface area contributed by atoms with Crippen LogP contribution in [0.3, 0.4) is 0 Å². The lowest BCUT2D eigenvalue weighted by Crippen LogP contribution is -2.50. The molecule has 0 radical (unpaired) electrons. The second kappa shape index (κ2) is 8.03. The molecule has 164 valence electrons. The van der Waals surface area contributed by atoms with E-state index < -0.39 is 0 Å². The molecular weight excluding hydrogens is 381 g/mol. The third-order valence-electron chi connectivity index (χ3n) is 7.97. The Morgan fingerprint density at radius 2 is 1.67 bits per heavy atom. The van der Waals surface area contributed by atoms with Crippen LogP contribution in [0.25, 0.3) is 0 Å². The van der Waals surface area contributed by atoms with Crippen LogP contribution in [0.5, 0.6) is 0 Å². The van der Waals surface area contributed by atoms with Gasteiger partial charge in [0.05, 0.1) is 17.2 Å². The zero-order valence-corrected chi connectivity index (χ0v) is 17.9. The van der Waals surface area contributed by atoms with E-state index >= 15 is 4.39 Å². The fourth-order valence-electron chi connectivity index (χ4n) is 6.21. The van der Waals surface area contributed by atoms with Crippen LogP contribution < -0.4 is 9.80 Å². The van der Waals surface area contributed by atoms with Crippen molar-refractivity contribution in [2.45, 2.75) is 69.9 Å². The minimum Gasteiger partial charge on any atom is -0.393 e. The molecule has 3 heterocycles. The van der Waals surface area contributed by atoms with Crippen molar-refractivity contribution in [2.75, 3.05) is 42.5 Å². The molecule has 4 aliphatic rings. The topological polar surface area (TPSA) is 47.0 Å². The first-order valence-corrected chi connectivity index (χ1v) is 11.8. The van der Waals surface area contributed by atoms with Crippen LogP contribution in [0.1, 0.15) is 57.8 Å². The van der Waals surface area contributed by atoms with Gasteiger partial charge in [-0.1, -0.05) is 0 Å². The maximum Gasteiger partial charge on any atom is 0.230 e. The number of carbonyl (C=O) groups excluding carboxylic acids is 1. The Morgan fingerprint density at radius 3 is 2.40 bits per heavy atom. The van der Waals surface area contributed by atoms with Gasteiger partial charge in [0.2, 0.25) is 5.91 Å². The number of rotatable bonds is 3. The third-order valence-corrected chi connectivity index (χ3v) is 7.97. The minimum atomic E-state index is -0.367. The van der Waals surface area contributed by atoms with Gasteiger partial charge in [-0.15, -0.1) is 0 Å². The predicted octanol–water partition coefficient (Wildman–Crippen LogP) is 3.55. The largest absolute Gasteiger partial charge is 0.393 e. The van der Waals surface area contributed by atoms with Crippen molar-refractivity contribution in [3.8, 4) is 0 Å². The van der Waals surface area contributed by atoms with Crippen molar-refractivity contribution in [3.63, 3.8) is 0 Å². The van der Waals surface area contributed by atoms with E-state index in [2.05, 4.69) is 14.7 Å². The summed E-state index contributed by atoms with van der Waals surface area (Å²) in [5.74, 6) is 0.0997. The minimum absolute atomic E-state index is 0.167. The van der Waals surface area contributed by atoms with Crippen molar-refractivity contribution < 1.29 is 14.3 Å². The lowest BCUT2D eigenvalue weighted by molar-refractivity contribution is -0.139. The van der Waals surface area contributed by atoms with Crippen LogP contribution in [0.4, 0.5) is 15.8 Å². The zero-order valence-electron chi connectivity index (χ0n) is 17.9. The van der Waals surface area contributed by atoms with Crippen LogP contribution in [-0.4, -0.2) is 60.8 Å². The number of anilines is 2.